The zero-order chi connectivity index (χ0) is 21.6. The minimum Gasteiger partial charge on any atom is -0.463 e. The topological polar surface area (TPSA) is 128 Å². The number of aromatic nitrogens is 2. The van der Waals surface area contributed by atoms with E-state index in [1.54, 1.807) is 31.2 Å². The van der Waals surface area contributed by atoms with Crippen LogP contribution in [0.3, 0.4) is 0 Å². The van der Waals surface area contributed by atoms with Gasteiger partial charge in [0.25, 0.3) is 17.4 Å². The number of amides is 2. The number of aryl methyl sites for hydroxylation is 1. The molecule has 0 bridgehead atoms. The smallest absolute Gasteiger partial charge is 0.330 e. The summed E-state index contributed by atoms with van der Waals surface area (Å²) < 4.78 is 12.2. The highest BCUT2D eigenvalue weighted by molar-refractivity contribution is 6.21. The third-order valence-corrected chi connectivity index (χ3v) is 5.27. The number of ether oxygens (including phenoxy) is 2. The molecular weight excluding hydrogens is 394 g/mol. The van der Waals surface area contributed by atoms with Gasteiger partial charge < -0.3 is 9.47 Å². The fraction of sp³-hybridized carbons (Fsp3) is 0.350. The van der Waals surface area contributed by atoms with Gasteiger partial charge in [-0.15, -0.1) is 0 Å². The molecule has 4 rings (SSSR count). The normalized spacial score (nSPS) is 23.0. The molecule has 0 spiro atoms. The number of benzene rings is 1. The highest BCUT2D eigenvalue weighted by Gasteiger charge is 2.48. The molecule has 10 heteroatoms. The van der Waals surface area contributed by atoms with Gasteiger partial charge in [0, 0.05) is 25.1 Å². The standard InChI is InChI=1S/C20H19N3O7/c1-10-8-22(20(28)21-17(10)25)16-7-14(15(30-16)9-29-11(2)24)23-18(26)12-5-3-4-6-13(12)19(23)27/h3-6,8,14-16H,7,9H2,1-2H3,(H,21,25,28)/t14-,15+,16+/m1/s1. The molecule has 30 heavy (non-hydrogen) atoms. The number of aromatic amines is 1. The number of hydrogen-bond donors (Lipinski definition) is 1. The lowest BCUT2D eigenvalue weighted by molar-refractivity contribution is -0.146. The van der Waals surface area contributed by atoms with Crippen LogP contribution in [0.4, 0.5) is 0 Å². The first-order valence-corrected chi connectivity index (χ1v) is 9.35. The maximum Gasteiger partial charge on any atom is 0.330 e. The summed E-state index contributed by atoms with van der Waals surface area (Å²) in [5.74, 6) is -1.48. The molecule has 156 valence electrons. The van der Waals surface area contributed by atoms with E-state index in [4.69, 9.17) is 9.47 Å². The van der Waals surface area contributed by atoms with Crippen LogP contribution in [0.2, 0.25) is 0 Å². The molecule has 3 heterocycles. The summed E-state index contributed by atoms with van der Waals surface area (Å²) in [5.41, 5.74) is -0.310. The number of H-pyrrole nitrogens is 1. The molecule has 1 aromatic carbocycles. The molecule has 1 aromatic heterocycles. The summed E-state index contributed by atoms with van der Waals surface area (Å²) in [6.07, 6.45) is -0.231. The highest BCUT2D eigenvalue weighted by Crippen LogP contribution is 2.36. The largest absolute Gasteiger partial charge is 0.463 e. The van der Waals surface area contributed by atoms with E-state index in [0.717, 1.165) is 4.90 Å². The van der Waals surface area contributed by atoms with Crippen LogP contribution in [-0.2, 0) is 14.3 Å². The Morgan fingerprint density at radius 2 is 1.80 bits per heavy atom. The molecule has 10 nitrogen and oxygen atoms in total. The second-order valence-electron chi connectivity index (χ2n) is 7.24. The summed E-state index contributed by atoms with van der Waals surface area (Å²) in [4.78, 5) is 64.4. The van der Waals surface area contributed by atoms with E-state index < -0.39 is 47.4 Å². The zero-order valence-electron chi connectivity index (χ0n) is 16.3. The molecule has 0 saturated carbocycles. The van der Waals surface area contributed by atoms with Crippen LogP contribution in [0.5, 0.6) is 0 Å². The molecule has 2 aliphatic heterocycles. The van der Waals surface area contributed by atoms with E-state index in [1.807, 2.05) is 0 Å². The van der Waals surface area contributed by atoms with E-state index in [-0.39, 0.29) is 24.2 Å². The predicted molar refractivity (Wildman–Crippen MR) is 102 cm³/mol. The minimum absolute atomic E-state index is 0.1000. The number of imide groups is 1. The number of fused-ring (bicyclic) bond motifs is 1. The number of esters is 1. The summed E-state index contributed by atoms with van der Waals surface area (Å²) in [6.45, 7) is 2.59. The van der Waals surface area contributed by atoms with Gasteiger partial charge in [-0.05, 0) is 19.1 Å². The average Bonchev–Trinajstić information content (AvgIpc) is 3.22. The summed E-state index contributed by atoms with van der Waals surface area (Å²) in [6, 6.07) is 5.71. The second-order valence-corrected chi connectivity index (χ2v) is 7.24. The predicted octanol–water partition coefficient (Wildman–Crippen LogP) is 0.360. The Bertz CT molecular complexity index is 1130. The van der Waals surface area contributed by atoms with Gasteiger partial charge in [-0.1, -0.05) is 12.1 Å². The molecule has 1 N–H and O–H groups in total. The van der Waals surface area contributed by atoms with Crippen LogP contribution in [-0.4, -0.2) is 51.0 Å². The van der Waals surface area contributed by atoms with Crippen LogP contribution in [0.1, 0.15) is 45.9 Å². The fourth-order valence-corrected chi connectivity index (χ4v) is 3.82. The quantitative estimate of drug-likeness (QED) is 0.566. The van der Waals surface area contributed by atoms with E-state index in [9.17, 15) is 24.0 Å². The number of rotatable bonds is 4. The molecule has 2 aromatic rings. The van der Waals surface area contributed by atoms with Crippen molar-refractivity contribution in [2.45, 2.75) is 38.6 Å². The Balaban J connectivity index is 1.69. The van der Waals surface area contributed by atoms with Crippen molar-refractivity contribution in [3.63, 3.8) is 0 Å². The van der Waals surface area contributed by atoms with Crippen LogP contribution in [0.25, 0.3) is 0 Å². The monoisotopic (exact) mass is 413 g/mol. The fourth-order valence-electron chi connectivity index (χ4n) is 3.82. The van der Waals surface area contributed by atoms with Crippen LogP contribution in [0, 0.1) is 6.92 Å². The third-order valence-electron chi connectivity index (χ3n) is 5.27. The SMILES string of the molecule is CC(=O)OC[C@@H]1O[C@H](n2cc(C)c(=O)[nH]c2=O)C[C@H]1N1C(=O)c2ccccc2C1=O. The van der Waals surface area contributed by atoms with Crippen molar-refractivity contribution in [1.82, 2.24) is 14.5 Å². The Kier molecular flexibility index (Phi) is 4.86. The highest BCUT2D eigenvalue weighted by atomic mass is 16.6. The molecule has 0 unspecified atom stereocenters. The number of carbonyl (C=O) groups excluding carboxylic acids is 3. The van der Waals surface area contributed by atoms with Crippen molar-refractivity contribution >= 4 is 17.8 Å². The first-order chi connectivity index (χ1) is 14.3. The lowest BCUT2D eigenvalue weighted by Gasteiger charge is -2.25. The molecule has 1 saturated heterocycles. The Hall–Kier alpha value is -3.53. The molecule has 0 aliphatic carbocycles. The second kappa shape index (κ2) is 7.38. The van der Waals surface area contributed by atoms with E-state index in [0.29, 0.717) is 5.56 Å². The van der Waals surface area contributed by atoms with Crippen molar-refractivity contribution in [2.24, 2.45) is 0 Å². The maximum atomic E-state index is 12.9. The van der Waals surface area contributed by atoms with Crippen LogP contribution >= 0.6 is 0 Å². The first-order valence-electron chi connectivity index (χ1n) is 9.35. The molecular formula is C20H19N3O7. The number of nitrogens with zero attached hydrogens (tertiary/aromatic N) is 2. The van der Waals surface area contributed by atoms with E-state index in [1.165, 1.54) is 17.7 Å². The van der Waals surface area contributed by atoms with Gasteiger partial charge in [0.1, 0.15) is 18.9 Å². The lowest BCUT2D eigenvalue weighted by atomic mass is 10.1. The van der Waals surface area contributed by atoms with Crippen molar-refractivity contribution < 1.29 is 23.9 Å². The average molecular weight is 413 g/mol. The van der Waals surface area contributed by atoms with Gasteiger partial charge in [0.05, 0.1) is 17.2 Å². The number of nitrogens with one attached hydrogen (secondary N) is 1. The van der Waals surface area contributed by atoms with Crippen molar-refractivity contribution in [3.8, 4) is 0 Å². The van der Waals surface area contributed by atoms with Gasteiger partial charge >= 0.3 is 11.7 Å². The van der Waals surface area contributed by atoms with Gasteiger partial charge in [-0.2, -0.15) is 0 Å². The van der Waals surface area contributed by atoms with Crippen molar-refractivity contribution in [3.05, 3.63) is 68.0 Å². The Morgan fingerprint density at radius 3 is 2.40 bits per heavy atom. The molecule has 1 fully saturated rings. The Morgan fingerprint density at radius 1 is 1.17 bits per heavy atom. The molecule has 3 atom stereocenters. The number of hydrogen-bond acceptors (Lipinski definition) is 7. The van der Waals surface area contributed by atoms with Crippen molar-refractivity contribution in [2.75, 3.05) is 6.61 Å². The van der Waals surface area contributed by atoms with Gasteiger partial charge in [-0.3, -0.25) is 33.6 Å². The molecule has 0 radical (unpaired) electrons. The van der Waals surface area contributed by atoms with Gasteiger partial charge in [0.15, 0.2) is 0 Å². The lowest BCUT2D eigenvalue weighted by Crippen LogP contribution is -2.46. The summed E-state index contributed by atoms with van der Waals surface area (Å²) in [5, 5.41) is 0. The Labute approximate surface area is 170 Å². The third kappa shape index (κ3) is 3.24. The number of carbonyl (C=O) groups is 3. The van der Waals surface area contributed by atoms with E-state index in [2.05, 4.69) is 4.98 Å². The molecule has 2 aliphatic rings. The van der Waals surface area contributed by atoms with Crippen LogP contribution < -0.4 is 11.2 Å². The van der Waals surface area contributed by atoms with Gasteiger partial charge in [-0.25, -0.2) is 4.79 Å². The van der Waals surface area contributed by atoms with Crippen LogP contribution in [0.15, 0.2) is 40.1 Å². The summed E-state index contributed by atoms with van der Waals surface area (Å²) in [7, 11) is 0. The minimum atomic E-state index is -0.858. The first kappa shape index (κ1) is 19.8. The van der Waals surface area contributed by atoms with Crippen molar-refractivity contribution in [1.29, 1.82) is 0 Å². The summed E-state index contributed by atoms with van der Waals surface area (Å²) >= 11 is 0. The molecule has 2 amide bonds. The zero-order valence-corrected chi connectivity index (χ0v) is 16.3. The van der Waals surface area contributed by atoms with E-state index >= 15 is 0 Å². The van der Waals surface area contributed by atoms with Gasteiger partial charge in [0.2, 0.25) is 0 Å². The maximum absolute atomic E-state index is 12.9.